The van der Waals surface area contributed by atoms with E-state index in [1.54, 1.807) is 14.2 Å². The van der Waals surface area contributed by atoms with Gasteiger partial charge in [-0.3, -0.25) is 9.89 Å². The van der Waals surface area contributed by atoms with Crippen LogP contribution in [0.1, 0.15) is 40.2 Å². The molecule has 0 saturated carbocycles. The molecule has 1 aromatic rings. The van der Waals surface area contributed by atoms with Crippen molar-refractivity contribution in [1.29, 1.82) is 0 Å². The fourth-order valence-corrected chi connectivity index (χ4v) is 3.75. The van der Waals surface area contributed by atoms with E-state index < -0.39 is 0 Å². The van der Waals surface area contributed by atoms with Crippen LogP contribution in [0, 0.1) is 0 Å². The number of rotatable bonds is 9. The summed E-state index contributed by atoms with van der Waals surface area (Å²) in [5.74, 6) is 2.35. The van der Waals surface area contributed by atoms with Crippen molar-refractivity contribution < 1.29 is 14.2 Å². The van der Waals surface area contributed by atoms with E-state index in [4.69, 9.17) is 19.2 Å². The van der Waals surface area contributed by atoms with Crippen molar-refractivity contribution in [2.75, 3.05) is 46.9 Å². The zero-order chi connectivity index (χ0) is 22.1. The number of hydrogen-bond acceptors (Lipinski definition) is 5. The molecule has 0 radical (unpaired) electrons. The molecule has 0 bridgehead atoms. The van der Waals surface area contributed by atoms with E-state index >= 15 is 0 Å². The lowest BCUT2D eigenvalue weighted by molar-refractivity contribution is -0.0939. The molecule has 0 aliphatic carbocycles. The maximum absolute atomic E-state index is 5.88. The maximum Gasteiger partial charge on any atom is 0.191 e. The molecule has 2 unspecified atom stereocenters. The van der Waals surface area contributed by atoms with Gasteiger partial charge in [0.2, 0.25) is 0 Å². The average molecular weight is 421 g/mol. The standard InChI is InChI=1S/C23H40N4O3/c1-8-24-22(25-12-11-19-9-10-20(28-6)21(13-19)29-7)26-16-23(4,5)27-14-17(2)30-18(3)15-27/h9-10,13,17-18H,8,11-12,14-16H2,1-7H3,(H2,24,25,26). The van der Waals surface area contributed by atoms with E-state index in [2.05, 4.69) is 56.2 Å². The molecule has 2 N–H and O–H groups in total. The highest BCUT2D eigenvalue weighted by atomic mass is 16.5. The first kappa shape index (κ1) is 24.3. The van der Waals surface area contributed by atoms with Crippen LogP contribution in [0.15, 0.2) is 23.2 Å². The summed E-state index contributed by atoms with van der Waals surface area (Å²) in [4.78, 5) is 7.36. The second kappa shape index (κ2) is 11.4. The minimum Gasteiger partial charge on any atom is -0.493 e. The van der Waals surface area contributed by atoms with Crippen LogP contribution < -0.4 is 20.1 Å². The van der Waals surface area contributed by atoms with Crippen LogP contribution in [0.25, 0.3) is 0 Å². The fraction of sp³-hybridized carbons (Fsp3) is 0.696. The molecule has 7 heteroatoms. The summed E-state index contributed by atoms with van der Waals surface area (Å²) in [6.07, 6.45) is 1.38. The topological polar surface area (TPSA) is 67.4 Å². The lowest BCUT2D eigenvalue weighted by Crippen LogP contribution is -2.56. The third kappa shape index (κ3) is 7.06. The quantitative estimate of drug-likeness (QED) is 0.473. The van der Waals surface area contributed by atoms with Crippen LogP contribution in [0.3, 0.4) is 0 Å². The Morgan fingerprint density at radius 1 is 1.13 bits per heavy atom. The van der Waals surface area contributed by atoms with Crippen molar-refractivity contribution in [1.82, 2.24) is 15.5 Å². The monoisotopic (exact) mass is 420 g/mol. The van der Waals surface area contributed by atoms with Crippen molar-refractivity contribution in [2.45, 2.75) is 58.8 Å². The fourth-order valence-electron chi connectivity index (χ4n) is 3.75. The van der Waals surface area contributed by atoms with Gasteiger partial charge in [0.25, 0.3) is 0 Å². The lowest BCUT2D eigenvalue weighted by Gasteiger charge is -2.44. The van der Waals surface area contributed by atoms with E-state index in [1.165, 1.54) is 5.56 Å². The zero-order valence-corrected chi connectivity index (χ0v) is 19.7. The molecule has 1 aliphatic rings. The van der Waals surface area contributed by atoms with E-state index in [0.29, 0.717) is 0 Å². The molecular formula is C23H40N4O3. The Hall–Kier alpha value is -1.99. The minimum absolute atomic E-state index is 0.0298. The summed E-state index contributed by atoms with van der Waals surface area (Å²) in [5.41, 5.74) is 1.16. The van der Waals surface area contributed by atoms with Gasteiger partial charge in [-0.2, -0.15) is 0 Å². The number of ether oxygens (including phenoxy) is 3. The van der Waals surface area contributed by atoms with Gasteiger partial charge in [0.05, 0.1) is 33.0 Å². The van der Waals surface area contributed by atoms with E-state index in [0.717, 1.165) is 56.6 Å². The molecule has 1 fully saturated rings. The Morgan fingerprint density at radius 3 is 2.40 bits per heavy atom. The van der Waals surface area contributed by atoms with Crippen molar-refractivity contribution in [3.8, 4) is 11.5 Å². The Morgan fingerprint density at radius 2 is 1.80 bits per heavy atom. The van der Waals surface area contributed by atoms with Gasteiger partial charge in [-0.15, -0.1) is 0 Å². The summed E-state index contributed by atoms with van der Waals surface area (Å²) < 4.78 is 16.6. The van der Waals surface area contributed by atoms with Gasteiger partial charge in [-0.1, -0.05) is 6.07 Å². The zero-order valence-electron chi connectivity index (χ0n) is 19.7. The highest BCUT2D eigenvalue weighted by Gasteiger charge is 2.33. The molecular weight excluding hydrogens is 380 g/mol. The van der Waals surface area contributed by atoms with Crippen LogP contribution in [-0.4, -0.2) is 75.5 Å². The van der Waals surface area contributed by atoms with Gasteiger partial charge in [0, 0.05) is 31.7 Å². The predicted octanol–water partition coefficient (Wildman–Crippen LogP) is 2.69. The van der Waals surface area contributed by atoms with Gasteiger partial charge in [-0.25, -0.2) is 0 Å². The predicted molar refractivity (Wildman–Crippen MR) is 123 cm³/mol. The van der Waals surface area contributed by atoms with Crippen molar-refractivity contribution >= 4 is 5.96 Å². The summed E-state index contributed by atoms with van der Waals surface area (Å²) in [5, 5.41) is 6.81. The lowest BCUT2D eigenvalue weighted by atomic mass is 10.0. The summed E-state index contributed by atoms with van der Waals surface area (Å²) >= 11 is 0. The van der Waals surface area contributed by atoms with Crippen LogP contribution >= 0.6 is 0 Å². The number of nitrogens with zero attached hydrogens (tertiary/aromatic N) is 2. The molecule has 0 spiro atoms. The van der Waals surface area contributed by atoms with Crippen molar-refractivity contribution in [3.05, 3.63) is 23.8 Å². The Balaban J connectivity index is 1.94. The van der Waals surface area contributed by atoms with Crippen molar-refractivity contribution in [2.24, 2.45) is 4.99 Å². The summed E-state index contributed by atoms with van der Waals surface area (Å²) in [6.45, 7) is 15.1. The number of morpholine rings is 1. The third-order valence-corrected chi connectivity index (χ3v) is 5.40. The van der Waals surface area contributed by atoms with Gasteiger partial charge in [0.15, 0.2) is 17.5 Å². The summed E-state index contributed by atoms with van der Waals surface area (Å²) in [6, 6.07) is 6.03. The van der Waals surface area contributed by atoms with Crippen LogP contribution in [0.4, 0.5) is 0 Å². The normalized spacial score (nSPS) is 20.7. The molecule has 7 nitrogen and oxygen atoms in total. The number of hydrogen-bond donors (Lipinski definition) is 2. The van der Waals surface area contributed by atoms with Gasteiger partial charge in [-0.05, 0) is 58.7 Å². The number of methoxy groups -OCH3 is 2. The largest absolute Gasteiger partial charge is 0.493 e. The second-order valence-corrected chi connectivity index (χ2v) is 8.54. The number of guanidine groups is 1. The third-order valence-electron chi connectivity index (χ3n) is 5.40. The molecule has 1 aromatic carbocycles. The number of aliphatic imine (C=N–C) groups is 1. The minimum atomic E-state index is -0.0298. The Labute approximate surface area is 182 Å². The maximum atomic E-state index is 5.88. The van der Waals surface area contributed by atoms with Crippen LogP contribution in [-0.2, 0) is 11.2 Å². The second-order valence-electron chi connectivity index (χ2n) is 8.54. The molecule has 0 amide bonds. The first-order chi connectivity index (χ1) is 14.3. The van der Waals surface area contributed by atoms with Crippen LogP contribution in [0.2, 0.25) is 0 Å². The van der Waals surface area contributed by atoms with E-state index in [1.807, 2.05) is 12.1 Å². The van der Waals surface area contributed by atoms with Gasteiger partial charge >= 0.3 is 0 Å². The molecule has 1 aliphatic heterocycles. The van der Waals surface area contributed by atoms with Crippen LogP contribution in [0.5, 0.6) is 11.5 Å². The Bertz CT molecular complexity index is 683. The first-order valence-electron chi connectivity index (χ1n) is 10.9. The SMILES string of the molecule is CCNC(=NCC(C)(C)N1CC(C)OC(C)C1)NCCc1ccc(OC)c(OC)c1. The molecule has 0 aromatic heterocycles. The molecule has 1 heterocycles. The average Bonchev–Trinajstić information content (AvgIpc) is 2.71. The van der Waals surface area contributed by atoms with E-state index in [-0.39, 0.29) is 17.7 Å². The number of benzene rings is 1. The first-order valence-corrected chi connectivity index (χ1v) is 10.9. The highest BCUT2D eigenvalue weighted by molar-refractivity contribution is 5.79. The molecule has 170 valence electrons. The number of nitrogens with one attached hydrogen (secondary N) is 2. The highest BCUT2D eigenvalue weighted by Crippen LogP contribution is 2.27. The van der Waals surface area contributed by atoms with E-state index in [9.17, 15) is 0 Å². The van der Waals surface area contributed by atoms with Crippen molar-refractivity contribution in [3.63, 3.8) is 0 Å². The Kier molecular flexibility index (Phi) is 9.24. The molecule has 1 saturated heterocycles. The smallest absolute Gasteiger partial charge is 0.191 e. The molecule has 30 heavy (non-hydrogen) atoms. The summed E-state index contributed by atoms with van der Waals surface area (Å²) in [7, 11) is 3.31. The van der Waals surface area contributed by atoms with Gasteiger partial charge in [0.1, 0.15) is 0 Å². The molecule has 2 atom stereocenters. The van der Waals surface area contributed by atoms with Gasteiger partial charge < -0.3 is 24.8 Å². The molecule has 2 rings (SSSR count).